The molecule has 2 aromatic rings. The summed E-state index contributed by atoms with van der Waals surface area (Å²) in [5, 5.41) is 3.10. The summed E-state index contributed by atoms with van der Waals surface area (Å²) in [4.78, 5) is 0. The first kappa shape index (κ1) is 13.6. The predicted octanol–water partition coefficient (Wildman–Crippen LogP) is 3.44. The number of halogens is 3. The van der Waals surface area contributed by atoms with Crippen molar-refractivity contribution in [2.24, 2.45) is 0 Å². The smallest absolute Gasteiger partial charge is 0.159 e. The molecule has 0 radical (unpaired) electrons. The van der Waals surface area contributed by atoms with Crippen molar-refractivity contribution in [3.63, 3.8) is 0 Å². The summed E-state index contributed by atoms with van der Waals surface area (Å²) in [7, 11) is 0. The molecule has 0 unspecified atom stereocenters. The molecular formula is C15H14F3N. The molecule has 0 heterocycles. The van der Waals surface area contributed by atoms with E-state index >= 15 is 0 Å². The molecule has 0 fully saturated rings. The van der Waals surface area contributed by atoms with Crippen LogP contribution in [0.5, 0.6) is 0 Å². The number of nitrogens with one attached hydrogen (secondary N) is 1. The van der Waals surface area contributed by atoms with Crippen molar-refractivity contribution in [3.8, 4) is 0 Å². The van der Waals surface area contributed by atoms with Gasteiger partial charge in [-0.05, 0) is 48.4 Å². The van der Waals surface area contributed by atoms with Crippen LogP contribution in [0.3, 0.4) is 0 Å². The standard InChI is InChI=1S/C15H14F3N/c16-13-3-1-2-11(8-13)6-7-19-10-12-4-5-14(17)15(18)9-12/h1-5,8-9,19H,6-7,10H2. The predicted molar refractivity (Wildman–Crippen MR) is 68.2 cm³/mol. The highest BCUT2D eigenvalue weighted by molar-refractivity contribution is 5.18. The van der Waals surface area contributed by atoms with Crippen molar-refractivity contribution in [1.29, 1.82) is 0 Å². The maximum atomic E-state index is 13.0. The molecule has 0 saturated heterocycles. The average molecular weight is 265 g/mol. The van der Waals surface area contributed by atoms with E-state index in [9.17, 15) is 13.2 Å². The molecule has 1 N–H and O–H groups in total. The Morgan fingerprint density at radius 1 is 0.842 bits per heavy atom. The number of hydrogen-bond donors (Lipinski definition) is 1. The van der Waals surface area contributed by atoms with Crippen LogP contribution in [0.15, 0.2) is 42.5 Å². The lowest BCUT2D eigenvalue weighted by Crippen LogP contribution is -2.16. The fourth-order valence-corrected chi connectivity index (χ4v) is 1.81. The van der Waals surface area contributed by atoms with Crippen LogP contribution < -0.4 is 5.32 Å². The van der Waals surface area contributed by atoms with E-state index in [1.807, 2.05) is 6.07 Å². The summed E-state index contributed by atoms with van der Waals surface area (Å²) < 4.78 is 38.6. The van der Waals surface area contributed by atoms with E-state index in [0.29, 0.717) is 25.1 Å². The second-order valence-electron chi connectivity index (χ2n) is 4.31. The quantitative estimate of drug-likeness (QED) is 0.817. The molecule has 2 rings (SSSR count). The van der Waals surface area contributed by atoms with Crippen LogP contribution in [-0.2, 0) is 13.0 Å². The van der Waals surface area contributed by atoms with Gasteiger partial charge in [0.2, 0.25) is 0 Å². The molecule has 0 atom stereocenters. The minimum atomic E-state index is -0.844. The molecule has 0 aromatic heterocycles. The molecular weight excluding hydrogens is 251 g/mol. The number of rotatable bonds is 5. The third-order valence-electron chi connectivity index (χ3n) is 2.79. The van der Waals surface area contributed by atoms with Gasteiger partial charge in [0.15, 0.2) is 11.6 Å². The van der Waals surface area contributed by atoms with Crippen molar-refractivity contribution >= 4 is 0 Å². The fourth-order valence-electron chi connectivity index (χ4n) is 1.81. The third-order valence-corrected chi connectivity index (χ3v) is 2.79. The second-order valence-corrected chi connectivity index (χ2v) is 4.31. The van der Waals surface area contributed by atoms with Gasteiger partial charge < -0.3 is 5.32 Å². The third kappa shape index (κ3) is 4.10. The van der Waals surface area contributed by atoms with Crippen molar-refractivity contribution in [2.75, 3.05) is 6.54 Å². The van der Waals surface area contributed by atoms with Crippen LogP contribution >= 0.6 is 0 Å². The van der Waals surface area contributed by atoms with E-state index in [-0.39, 0.29) is 5.82 Å². The van der Waals surface area contributed by atoms with E-state index in [1.165, 1.54) is 24.3 Å². The van der Waals surface area contributed by atoms with Crippen LogP contribution in [0.4, 0.5) is 13.2 Å². The van der Waals surface area contributed by atoms with Gasteiger partial charge in [0.05, 0.1) is 0 Å². The van der Waals surface area contributed by atoms with Crippen LogP contribution in [0.25, 0.3) is 0 Å². The largest absolute Gasteiger partial charge is 0.312 e. The van der Waals surface area contributed by atoms with E-state index in [2.05, 4.69) is 5.32 Å². The van der Waals surface area contributed by atoms with Crippen molar-refractivity contribution in [1.82, 2.24) is 5.32 Å². The zero-order valence-corrected chi connectivity index (χ0v) is 10.3. The molecule has 100 valence electrons. The van der Waals surface area contributed by atoms with Gasteiger partial charge in [-0.25, -0.2) is 13.2 Å². The minimum Gasteiger partial charge on any atom is -0.312 e. The van der Waals surface area contributed by atoms with E-state index in [0.717, 1.165) is 11.6 Å². The van der Waals surface area contributed by atoms with Crippen LogP contribution in [0.1, 0.15) is 11.1 Å². The Morgan fingerprint density at radius 3 is 2.42 bits per heavy atom. The Hall–Kier alpha value is -1.81. The summed E-state index contributed by atoms with van der Waals surface area (Å²) in [5.74, 6) is -1.94. The molecule has 0 spiro atoms. The van der Waals surface area contributed by atoms with Crippen molar-refractivity contribution in [2.45, 2.75) is 13.0 Å². The Balaban J connectivity index is 1.79. The highest BCUT2D eigenvalue weighted by Crippen LogP contribution is 2.08. The lowest BCUT2D eigenvalue weighted by Gasteiger charge is -2.06. The van der Waals surface area contributed by atoms with E-state index in [4.69, 9.17) is 0 Å². The summed E-state index contributed by atoms with van der Waals surface area (Å²) in [6.07, 6.45) is 0.682. The highest BCUT2D eigenvalue weighted by Gasteiger charge is 2.02. The first-order valence-electron chi connectivity index (χ1n) is 6.04. The van der Waals surface area contributed by atoms with Gasteiger partial charge in [0.1, 0.15) is 5.82 Å². The first-order valence-corrected chi connectivity index (χ1v) is 6.04. The summed E-state index contributed by atoms with van der Waals surface area (Å²) >= 11 is 0. The van der Waals surface area contributed by atoms with Gasteiger partial charge >= 0.3 is 0 Å². The summed E-state index contributed by atoms with van der Waals surface area (Å²) in [5.41, 5.74) is 1.58. The van der Waals surface area contributed by atoms with Crippen LogP contribution in [0, 0.1) is 17.5 Å². The molecule has 0 aliphatic carbocycles. The topological polar surface area (TPSA) is 12.0 Å². The van der Waals surface area contributed by atoms with Gasteiger partial charge in [0, 0.05) is 6.54 Å². The fraction of sp³-hybridized carbons (Fsp3) is 0.200. The highest BCUT2D eigenvalue weighted by atomic mass is 19.2. The summed E-state index contributed by atoms with van der Waals surface area (Å²) in [6.45, 7) is 1.09. The van der Waals surface area contributed by atoms with E-state index < -0.39 is 11.6 Å². The van der Waals surface area contributed by atoms with Gasteiger partial charge in [-0.2, -0.15) is 0 Å². The van der Waals surface area contributed by atoms with Gasteiger partial charge in [0.25, 0.3) is 0 Å². The van der Waals surface area contributed by atoms with Gasteiger partial charge in [-0.1, -0.05) is 18.2 Å². The number of hydrogen-bond acceptors (Lipinski definition) is 1. The normalized spacial score (nSPS) is 10.7. The molecule has 4 heteroatoms. The van der Waals surface area contributed by atoms with Crippen LogP contribution in [0.2, 0.25) is 0 Å². The van der Waals surface area contributed by atoms with Crippen molar-refractivity contribution < 1.29 is 13.2 Å². The van der Waals surface area contributed by atoms with Crippen LogP contribution in [-0.4, -0.2) is 6.54 Å². The molecule has 2 aromatic carbocycles. The lowest BCUT2D eigenvalue weighted by molar-refractivity contribution is 0.506. The van der Waals surface area contributed by atoms with Gasteiger partial charge in [-0.3, -0.25) is 0 Å². The molecule has 0 saturated carbocycles. The number of benzene rings is 2. The molecule has 0 amide bonds. The first-order chi connectivity index (χ1) is 9.15. The molecule has 1 nitrogen and oxygen atoms in total. The lowest BCUT2D eigenvalue weighted by atomic mass is 10.1. The average Bonchev–Trinajstić information content (AvgIpc) is 2.39. The second kappa shape index (κ2) is 6.38. The Morgan fingerprint density at radius 2 is 1.68 bits per heavy atom. The Kier molecular flexibility index (Phi) is 4.58. The van der Waals surface area contributed by atoms with E-state index in [1.54, 1.807) is 6.07 Å². The SMILES string of the molecule is Fc1cccc(CCNCc2ccc(F)c(F)c2)c1. The van der Waals surface area contributed by atoms with Crippen molar-refractivity contribution in [3.05, 3.63) is 71.0 Å². The molecule has 0 aliphatic rings. The zero-order chi connectivity index (χ0) is 13.7. The maximum absolute atomic E-state index is 13.0. The minimum absolute atomic E-state index is 0.252. The van der Waals surface area contributed by atoms with Gasteiger partial charge in [-0.15, -0.1) is 0 Å². The maximum Gasteiger partial charge on any atom is 0.159 e. The monoisotopic (exact) mass is 265 g/mol. The summed E-state index contributed by atoms with van der Waals surface area (Å²) in [6, 6.07) is 10.2. The Labute approximate surface area is 110 Å². The molecule has 19 heavy (non-hydrogen) atoms. The molecule has 0 aliphatic heterocycles. The molecule has 0 bridgehead atoms. The zero-order valence-electron chi connectivity index (χ0n) is 10.3. The Bertz CT molecular complexity index is 555.